The van der Waals surface area contributed by atoms with Gasteiger partial charge in [0.05, 0.1) is 35.2 Å². The summed E-state index contributed by atoms with van der Waals surface area (Å²) < 4.78 is 31.1. The highest BCUT2D eigenvalue weighted by Gasteiger charge is 2.14. The molecule has 0 N–H and O–H groups in total. The summed E-state index contributed by atoms with van der Waals surface area (Å²) in [6.45, 7) is 6.75. The van der Waals surface area contributed by atoms with E-state index in [-0.39, 0.29) is 11.9 Å². The quantitative estimate of drug-likeness (QED) is 0.0544. The molecule has 3 aromatic rings. The summed E-state index contributed by atoms with van der Waals surface area (Å²) in [5.41, 5.74) is 1.57. The number of benzene rings is 3. The minimum atomic E-state index is -0.552. The number of azo groups is 1. The minimum Gasteiger partial charge on any atom is -0.491 e. The highest BCUT2D eigenvalue weighted by atomic mass is 19.1. The van der Waals surface area contributed by atoms with Gasteiger partial charge in [-0.25, -0.2) is 14.0 Å². The zero-order chi connectivity index (χ0) is 32.3. The summed E-state index contributed by atoms with van der Waals surface area (Å²) in [7, 11) is 0. The second kappa shape index (κ2) is 20.1. The second-order valence-corrected chi connectivity index (χ2v) is 11.3. The van der Waals surface area contributed by atoms with Crippen LogP contribution in [0.5, 0.6) is 11.5 Å². The molecule has 242 valence electrons. The lowest BCUT2D eigenvalue weighted by Gasteiger charge is -2.13. The van der Waals surface area contributed by atoms with Gasteiger partial charge in [-0.3, -0.25) is 0 Å². The van der Waals surface area contributed by atoms with Crippen molar-refractivity contribution in [1.82, 2.24) is 0 Å². The van der Waals surface area contributed by atoms with Crippen LogP contribution >= 0.6 is 0 Å². The van der Waals surface area contributed by atoms with Crippen molar-refractivity contribution < 1.29 is 28.2 Å². The van der Waals surface area contributed by atoms with Crippen LogP contribution in [0, 0.1) is 5.82 Å². The predicted octanol–water partition coefficient (Wildman–Crippen LogP) is 11.1. The Morgan fingerprint density at radius 1 is 0.689 bits per heavy atom. The van der Waals surface area contributed by atoms with Gasteiger partial charge in [0.2, 0.25) is 0 Å². The Bertz CT molecular complexity index is 1340. The van der Waals surface area contributed by atoms with Crippen LogP contribution in [0.25, 0.3) is 0 Å². The summed E-state index contributed by atoms with van der Waals surface area (Å²) in [5.74, 6) is -0.912. The van der Waals surface area contributed by atoms with Crippen molar-refractivity contribution in [1.29, 1.82) is 0 Å². The maximum Gasteiger partial charge on any atom is 0.343 e. The van der Waals surface area contributed by atoms with Gasteiger partial charge < -0.3 is 14.2 Å². The third-order valence-corrected chi connectivity index (χ3v) is 7.38. The van der Waals surface area contributed by atoms with Crippen molar-refractivity contribution in [2.75, 3.05) is 6.61 Å². The van der Waals surface area contributed by atoms with E-state index in [1.165, 1.54) is 44.6 Å². The lowest BCUT2D eigenvalue weighted by Crippen LogP contribution is -2.15. The van der Waals surface area contributed by atoms with E-state index in [0.717, 1.165) is 38.5 Å². The van der Waals surface area contributed by atoms with Crippen molar-refractivity contribution in [3.05, 3.63) is 83.7 Å². The number of rotatable bonds is 20. The maximum atomic E-state index is 14.5. The monoisotopic (exact) mass is 618 g/mol. The third-order valence-electron chi connectivity index (χ3n) is 7.38. The molecule has 0 fully saturated rings. The minimum absolute atomic E-state index is 0.153. The molecule has 3 aromatic carbocycles. The number of hydrogen-bond acceptors (Lipinski definition) is 7. The number of hydrogen-bond donors (Lipinski definition) is 0. The number of esters is 2. The number of nitrogens with zero attached hydrogens (tertiary/aromatic N) is 2. The molecule has 0 aromatic heterocycles. The number of carbonyl (C=O) groups excluding carboxylic acids is 2. The van der Waals surface area contributed by atoms with Gasteiger partial charge in [-0.15, -0.1) is 0 Å². The molecule has 0 aliphatic rings. The SMILES string of the molecule is CCCCCCCCCOc1ccc(N=Nc2ccc(C(=O)Oc3ccc(C(=O)O[C@@H](C)CCCCCC)cc3)cc2)cc1F. The fraction of sp³-hybridized carbons (Fsp3) is 0.459. The molecule has 0 saturated carbocycles. The van der Waals surface area contributed by atoms with Crippen LogP contribution in [0.4, 0.5) is 15.8 Å². The average Bonchev–Trinajstić information content (AvgIpc) is 3.04. The molecular formula is C37H47FN2O5. The summed E-state index contributed by atoms with van der Waals surface area (Å²) in [6, 6.07) is 17.2. The molecule has 45 heavy (non-hydrogen) atoms. The first-order valence-electron chi connectivity index (χ1n) is 16.4. The first kappa shape index (κ1) is 35.4. The molecular weight excluding hydrogens is 571 g/mol. The lowest BCUT2D eigenvalue weighted by atomic mass is 10.1. The smallest absolute Gasteiger partial charge is 0.343 e. The fourth-order valence-corrected chi connectivity index (χ4v) is 4.68. The Hall–Kier alpha value is -4.07. The van der Waals surface area contributed by atoms with E-state index in [9.17, 15) is 14.0 Å². The third kappa shape index (κ3) is 13.2. The molecule has 0 saturated heterocycles. The number of unbranched alkanes of at least 4 members (excludes halogenated alkanes) is 9. The van der Waals surface area contributed by atoms with E-state index < -0.39 is 17.8 Å². The molecule has 0 spiro atoms. The van der Waals surface area contributed by atoms with Gasteiger partial charge in [0.25, 0.3) is 0 Å². The molecule has 0 unspecified atom stereocenters. The average molecular weight is 619 g/mol. The zero-order valence-electron chi connectivity index (χ0n) is 26.9. The maximum absolute atomic E-state index is 14.5. The Labute approximate surface area is 267 Å². The molecule has 0 bridgehead atoms. The Balaban J connectivity index is 1.43. The Morgan fingerprint density at radius 3 is 1.91 bits per heavy atom. The van der Waals surface area contributed by atoms with Gasteiger partial charge in [0, 0.05) is 6.07 Å². The predicted molar refractivity (Wildman–Crippen MR) is 176 cm³/mol. The molecule has 0 aliphatic heterocycles. The van der Waals surface area contributed by atoms with Gasteiger partial charge in [-0.05, 0) is 86.8 Å². The summed E-state index contributed by atoms with van der Waals surface area (Å²) >= 11 is 0. The largest absolute Gasteiger partial charge is 0.491 e. The van der Waals surface area contributed by atoms with Gasteiger partial charge in [0.15, 0.2) is 11.6 Å². The van der Waals surface area contributed by atoms with E-state index in [1.807, 2.05) is 6.92 Å². The van der Waals surface area contributed by atoms with Gasteiger partial charge in [0.1, 0.15) is 5.75 Å². The molecule has 8 heteroatoms. The topological polar surface area (TPSA) is 86.5 Å². The van der Waals surface area contributed by atoms with E-state index in [0.29, 0.717) is 34.9 Å². The number of carbonyl (C=O) groups is 2. The van der Waals surface area contributed by atoms with Crippen LogP contribution in [-0.2, 0) is 4.74 Å². The van der Waals surface area contributed by atoms with Crippen molar-refractivity contribution in [3.63, 3.8) is 0 Å². The van der Waals surface area contributed by atoms with Crippen molar-refractivity contribution in [2.45, 2.75) is 104 Å². The van der Waals surface area contributed by atoms with Gasteiger partial charge in [-0.2, -0.15) is 10.2 Å². The van der Waals surface area contributed by atoms with Crippen molar-refractivity contribution >= 4 is 23.3 Å². The zero-order valence-corrected chi connectivity index (χ0v) is 26.9. The lowest BCUT2D eigenvalue weighted by molar-refractivity contribution is 0.0319. The molecule has 7 nitrogen and oxygen atoms in total. The molecule has 0 radical (unpaired) electrons. The Morgan fingerprint density at radius 2 is 1.24 bits per heavy atom. The van der Waals surface area contributed by atoms with Crippen LogP contribution in [0.1, 0.15) is 119 Å². The van der Waals surface area contributed by atoms with E-state index in [4.69, 9.17) is 14.2 Å². The second-order valence-electron chi connectivity index (χ2n) is 11.3. The molecule has 0 amide bonds. The van der Waals surface area contributed by atoms with Gasteiger partial charge >= 0.3 is 11.9 Å². The van der Waals surface area contributed by atoms with Crippen LogP contribution in [0.2, 0.25) is 0 Å². The van der Waals surface area contributed by atoms with Crippen molar-refractivity contribution in [3.8, 4) is 11.5 Å². The first-order chi connectivity index (χ1) is 21.9. The van der Waals surface area contributed by atoms with Crippen LogP contribution in [-0.4, -0.2) is 24.6 Å². The van der Waals surface area contributed by atoms with E-state index in [1.54, 1.807) is 60.7 Å². The van der Waals surface area contributed by atoms with Crippen LogP contribution in [0.3, 0.4) is 0 Å². The van der Waals surface area contributed by atoms with Gasteiger partial charge in [-0.1, -0.05) is 71.6 Å². The first-order valence-corrected chi connectivity index (χ1v) is 16.4. The summed E-state index contributed by atoms with van der Waals surface area (Å²) in [6.07, 6.45) is 13.4. The van der Waals surface area contributed by atoms with Crippen LogP contribution in [0.15, 0.2) is 77.0 Å². The molecule has 1 atom stereocenters. The fourth-order valence-electron chi connectivity index (χ4n) is 4.68. The molecule has 3 rings (SSSR count). The summed E-state index contributed by atoms with van der Waals surface area (Å²) in [4.78, 5) is 25.1. The van der Waals surface area contributed by atoms with Crippen LogP contribution < -0.4 is 9.47 Å². The number of halogens is 1. The number of ether oxygens (including phenoxy) is 3. The van der Waals surface area contributed by atoms with E-state index >= 15 is 0 Å². The standard InChI is InChI=1S/C37H47FN2O5/c1-4-6-8-10-11-12-14-26-43-35-25-22-32(27-34(35)38)40-39-31-20-16-29(17-21-31)37(42)45-33-23-18-30(19-24-33)36(41)44-28(3)15-13-9-7-5-2/h16-25,27-28H,4-15,26H2,1-3H3/t28-/m0/s1. The Kier molecular flexibility index (Phi) is 15.8. The highest BCUT2D eigenvalue weighted by molar-refractivity contribution is 5.92. The normalized spacial score (nSPS) is 11.8. The highest BCUT2D eigenvalue weighted by Crippen LogP contribution is 2.26. The summed E-state index contributed by atoms with van der Waals surface area (Å²) in [5, 5.41) is 8.25. The molecule has 0 aliphatic carbocycles. The van der Waals surface area contributed by atoms with E-state index in [2.05, 4.69) is 24.1 Å². The van der Waals surface area contributed by atoms with Crippen molar-refractivity contribution in [2.24, 2.45) is 10.2 Å². The molecule has 0 heterocycles.